The number of amides is 1. The largest absolute Gasteiger partial charge is 0.348 e. The molecule has 1 aliphatic heterocycles. The van der Waals surface area contributed by atoms with Gasteiger partial charge in [-0.15, -0.1) is 0 Å². The van der Waals surface area contributed by atoms with E-state index >= 15 is 0 Å². The molecule has 1 saturated heterocycles. The van der Waals surface area contributed by atoms with Crippen LogP contribution in [0.3, 0.4) is 0 Å². The Kier molecular flexibility index (Phi) is 6.74. The summed E-state index contributed by atoms with van der Waals surface area (Å²) in [6, 6.07) is 29.8. The van der Waals surface area contributed by atoms with E-state index in [9.17, 15) is 4.79 Å². The van der Waals surface area contributed by atoms with Gasteiger partial charge in [0.15, 0.2) is 0 Å². The average Bonchev–Trinajstić information content (AvgIpc) is 3.32. The van der Waals surface area contributed by atoms with Crippen molar-refractivity contribution >= 4 is 17.5 Å². The fourth-order valence-electron chi connectivity index (χ4n) is 4.45. The minimum Gasteiger partial charge on any atom is -0.348 e. The van der Waals surface area contributed by atoms with Gasteiger partial charge >= 0.3 is 0 Å². The molecule has 1 N–H and O–H groups in total. The number of hydrogen-bond donors (Lipinski definition) is 1. The van der Waals surface area contributed by atoms with Gasteiger partial charge in [-0.2, -0.15) is 5.10 Å². The molecule has 1 fully saturated rings. The Hall–Kier alpha value is -3.41. The van der Waals surface area contributed by atoms with Crippen molar-refractivity contribution in [3.05, 3.63) is 107 Å². The SMILES string of the molecule is O=C(NC1CCN(Cc2ccccc2)CC1)c1cc(-c2ccccc2Cl)nn1-c1ccccc1. The van der Waals surface area contributed by atoms with Crippen LogP contribution in [0.15, 0.2) is 91.0 Å². The van der Waals surface area contributed by atoms with E-state index in [4.69, 9.17) is 16.7 Å². The predicted octanol–water partition coefficient (Wildman–Crippen LogP) is 5.59. The zero-order valence-corrected chi connectivity index (χ0v) is 19.7. The van der Waals surface area contributed by atoms with Crippen molar-refractivity contribution in [2.24, 2.45) is 0 Å². The highest BCUT2D eigenvalue weighted by molar-refractivity contribution is 6.33. The van der Waals surface area contributed by atoms with Crippen molar-refractivity contribution in [2.75, 3.05) is 13.1 Å². The van der Waals surface area contributed by atoms with E-state index in [0.29, 0.717) is 16.4 Å². The van der Waals surface area contributed by atoms with Crippen LogP contribution in [0.5, 0.6) is 0 Å². The van der Waals surface area contributed by atoms with Crippen LogP contribution >= 0.6 is 11.6 Å². The summed E-state index contributed by atoms with van der Waals surface area (Å²) < 4.78 is 1.71. The molecule has 0 unspecified atom stereocenters. The maximum absolute atomic E-state index is 13.4. The lowest BCUT2D eigenvalue weighted by Gasteiger charge is -2.32. The predicted molar refractivity (Wildman–Crippen MR) is 136 cm³/mol. The number of nitrogens with one attached hydrogen (secondary N) is 1. The summed E-state index contributed by atoms with van der Waals surface area (Å²) in [4.78, 5) is 15.8. The van der Waals surface area contributed by atoms with E-state index in [1.165, 1.54) is 5.56 Å². The molecular formula is C28H27ClN4O. The summed E-state index contributed by atoms with van der Waals surface area (Å²) in [5, 5.41) is 8.61. The van der Waals surface area contributed by atoms with Crippen molar-refractivity contribution in [2.45, 2.75) is 25.4 Å². The van der Waals surface area contributed by atoms with Crippen LogP contribution in [0.1, 0.15) is 28.9 Å². The molecule has 4 aromatic rings. The molecule has 0 saturated carbocycles. The number of hydrogen-bond acceptors (Lipinski definition) is 3. The third kappa shape index (κ3) is 5.06. The molecule has 0 bridgehead atoms. The second-order valence-corrected chi connectivity index (χ2v) is 9.06. The van der Waals surface area contributed by atoms with E-state index in [1.54, 1.807) is 4.68 Å². The summed E-state index contributed by atoms with van der Waals surface area (Å²) >= 11 is 6.42. The molecule has 5 nitrogen and oxygen atoms in total. The Morgan fingerprint density at radius 1 is 0.912 bits per heavy atom. The normalized spacial score (nSPS) is 14.7. The number of halogens is 1. The Morgan fingerprint density at radius 3 is 2.26 bits per heavy atom. The summed E-state index contributed by atoms with van der Waals surface area (Å²) in [7, 11) is 0. The van der Waals surface area contributed by atoms with Gasteiger partial charge in [0.2, 0.25) is 0 Å². The number of piperidine rings is 1. The second kappa shape index (κ2) is 10.2. The molecule has 0 aliphatic carbocycles. The molecule has 0 radical (unpaired) electrons. The van der Waals surface area contributed by atoms with Gasteiger partial charge in [0.05, 0.1) is 16.4 Å². The van der Waals surface area contributed by atoms with Gasteiger partial charge in [-0.25, -0.2) is 4.68 Å². The van der Waals surface area contributed by atoms with E-state index in [0.717, 1.165) is 43.7 Å². The number of para-hydroxylation sites is 1. The minimum absolute atomic E-state index is 0.115. The molecule has 3 aromatic carbocycles. The first-order valence-electron chi connectivity index (χ1n) is 11.6. The van der Waals surface area contributed by atoms with Crippen LogP contribution in [-0.2, 0) is 6.54 Å². The maximum Gasteiger partial charge on any atom is 0.270 e. The highest BCUT2D eigenvalue weighted by Crippen LogP contribution is 2.28. The Morgan fingerprint density at radius 2 is 1.56 bits per heavy atom. The third-order valence-electron chi connectivity index (χ3n) is 6.26. The number of nitrogens with zero attached hydrogens (tertiary/aromatic N) is 3. The quantitative estimate of drug-likeness (QED) is 0.400. The van der Waals surface area contributed by atoms with Crippen LogP contribution < -0.4 is 5.32 Å². The van der Waals surface area contributed by atoms with E-state index in [-0.39, 0.29) is 11.9 Å². The molecule has 1 amide bonds. The van der Waals surface area contributed by atoms with Crippen molar-refractivity contribution in [3.63, 3.8) is 0 Å². The highest BCUT2D eigenvalue weighted by Gasteiger charge is 2.24. The fourth-order valence-corrected chi connectivity index (χ4v) is 4.68. The fraction of sp³-hybridized carbons (Fsp3) is 0.214. The lowest BCUT2D eigenvalue weighted by Crippen LogP contribution is -2.44. The number of carbonyl (C=O) groups is 1. The summed E-state index contributed by atoms with van der Waals surface area (Å²) in [5.74, 6) is -0.115. The third-order valence-corrected chi connectivity index (χ3v) is 6.59. The van der Waals surface area contributed by atoms with E-state index in [1.807, 2.05) is 66.7 Å². The van der Waals surface area contributed by atoms with Crippen LogP contribution in [0.2, 0.25) is 5.02 Å². The van der Waals surface area contributed by atoms with Crippen molar-refractivity contribution in [1.82, 2.24) is 20.0 Å². The molecule has 6 heteroatoms. The zero-order chi connectivity index (χ0) is 23.3. The van der Waals surface area contributed by atoms with Gasteiger partial charge in [-0.1, -0.05) is 78.3 Å². The summed E-state index contributed by atoms with van der Waals surface area (Å²) in [5.41, 5.74) is 4.15. The lowest BCUT2D eigenvalue weighted by atomic mass is 10.0. The first kappa shape index (κ1) is 22.4. The molecule has 34 heavy (non-hydrogen) atoms. The van der Waals surface area contributed by atoms with Gasteiger partial charge in [-0.3, -0.25) is 9.69 Å². The molecule has 0 atom stereocenters. The average molecular weight is 471 g/mol. The number of aromatic nitrogens is 2. The minimum atomic E-state index is -0.115. The Bertz CT molecular complexity index is 1250. The molecular weight excluding hydrogens is 444 g/mol. The van der Waals surface area contributed by atoms with Crippen molar-refractivity contribution in [3.8, 4) is 16.9 Å². The van der Waals surface area contributed by atoms with Crippen LogP contribution in [0, 0.1) is 0 Å². The van der Waals surface area contributed by atoms with Crippen molar-refractivity contribution < 1.29 is 4.79 Å². The number of carbonyl (C=O) groups excluding carboxylic acids is 1. The first-order valence-corrected chi connectivity index (χ1v) is 12.0. The van der Waals surface area contributed by atoms with Crippen molar-refractivity contribution in [1.29, 1.82) is 0 Å². The molecule has 5 rings (SSSR count). The monoisotopic (exact) mass is 470 g/mol. The topological polar surface area (TPSA) is 50.2 Å². The van der Waals surface area contributed by atoms with Gasteiger partial charge in [-0.05, 0) is 42.7 Å². The van der Waals surface area contributed by atoms with E-state index in [2.05, 4.69) is 34.5 Å². The Labute approximate surface area is 205 Å². The van der Waals surface area contributed by atoms with Gasteiger partial charge in [0.1, 0.15) is 5.69 Å². The summed E-state index contributed by atoms with van der Waals surface area (Å²) in [6.45, 7) is 2.87. The van der Waals surface area contributed by atoms with Crippen LogP contribution in [0.25, 0.3) is 16.9 Å². The maximum atomic E-state index is 13.4. The van der Waals surface area contributed by atoms with Crippen LogP contribution in [-0.4, -0.2) is 39.7 Å². The molecule has 0 spiro atoms. The number of benzene rings is 3. The number of rotatable bonds is 6. The lowest BCUT2D eigenvalue weighted by molar-refractivity contribution is 0.0901. The van der Waals surface area contributed by atoms with Gasteiger partial charge in [0, 0.05) is 31.2 Å². The molecule has 172 valence electrons. The Balaban J connectivity index is 1.32. The molecule has 2 heterocycles. The highest BCUT2D eigenvalue weighted by atomic mass is 35.5. The second-order valence-electron chi connectivity index (χ2n) is 8.65. The molecule has 1 aromatic heterocycles. The van der Waals surface area contributed by atoms with Crippen LogP contribution in [0.4, 0.5) is 0 Å². The number of likely N-dealkylation sites (tertiary alicyclic amines) is 1. The standard InChI is InChI=1S/C28H27ClN4O/c29-25-14-8-7-13-24(25)26-19-27(33(31-26)23-11-5-2-6-12-23)28(34)30-22-15-17-32(18-16-22)20-21-9-3-1-4-10-21/h1-14,19,22H,15-18,20H2,(H,30,34). The van der Waals surface area contributed by atoms with E-state index < -0.39 is 0 Å². The van der Waals surface area contributed by atoms with Gasteiger partial charge < -0.3 is 5.32 Å². The zero-order valence-electron chi connectivity index (χ0n) is 18.9. The first-order chi connectivity index (χ1) is 16.7. The van der Waals surface area contributed by atoms with Gasteiger partial charge in [0.25, 0.3) is 5.91 Å². The molecule has 1 aliphatic rings. The smallest absolute Gasteiger partial charge is 0.270 e. The summed E-state index contributed by atoms with van der Waals surface area (Å²) in [6.07, 6.45) is 1.85.